The van der Waals surface area contributed by atoms with Crippen LogP contribution in [0.2, 0.25) is 5.02 Å². The van der Waals surface area contributed by atoms with Crippen LogP contribution < -0.4 is 9.64 Å². The molecule has 1 heterocycles. The fourth-order valence-corrected chi connectivity index (χ4v) is 2.06. The van der Waals surface area contributed by atoms with Gasteiger partial charge in [-0.15, -0.1) is 5.10 Å². The van der Waals surface area contributed by atoms with Gasteiger partial charge in [0.25, 0.3) is 0 Å². The summed E-state index contributed by atoms with van der Waals surface area (Å²) in [4.78, 5) is 1.87. The van der Waals surface area contributed by atoms with Crippen LogP contribution in [0.5, 0.6) is 5.75 Å². The van der Waals surface area contributed by atoms with Crippen molar-refractivity contribution in [2.75, 3.05) is 25.1 Å². The summed E-state index contributed by atoms with van der Waals surface area (Å²) in [6.45, 7) is 4.78. The molecule has 0 bridgehead atoms. The van der Waals surface area contributed by atoms with E-state index in [-0.39, 0.29) is 0 Å². The molecule has 1 aromatic heterocycles. The summed E-state index contributed by atoms with van der Waals surface area (Å²) in [5.41, 5.74) is 2.19. The molecule has 22 heavy (non-hydrogen) atoms. The Morgan fingerprint density at radius 1 is 1.23 bits per heavy atom. The lowest BCUT2D eigenvalue weighted by Crippen LogP contribution is -2.26. The number of hydrogen-bond donors (Lipinski definition) is 0. The number of hydrogen-bond acceptors (Lipinski definition) is 5. The fourth-order valence-electron chi connectivity index (χ4n) is 1.93. The van der Waals surface area contributed by atoms with E-state index in [1.165, 1.54) is 0 Å². The first kappa shape index (κ1) is 16.1. The maximum atomic E-state index is 9.31. The Kier molecular flexibility index (Phi) is 5.18. The van der Waals surface area contributed by atoms with Gasteiger partial charge in [0.15, 0.2) is 5.82 Å². The van der Waals surface area contributed by atoms with E-state index in [9.17, 15) is 5.26 Å². The maximum Gasteiger partial charge on any atom is 0.169 e. The van der Waals surface area contributed by atoms with Gasteiger partial charge in [-0.3, -0.25) is 0 Å². The number of benzene rings is 1. The van der Waals surface area contributed by atoms with Crippen molar-refractivity contribution in [2.45, 2.75) is 13.8 Å². The zero-order valence-electron chi connectivity index (χ0n) is 12.8. The second-order valence-corrected chi connectivity index (χ2v) is 5.38. The van der Waals surface area contributed by atoms with Gasteiger partial charge in [0.05, 0.1) is 12.2 Å². The Bertz CT molecular complexity index is 695. The minimum Gasteiger partial charge on any atom is -0.492 e. The Morgan fingerprint density at radius 2 is 1.91 bits per heavy atom. The number of likely N-dealkylation sites (N-methyl/N-ethyl adjacent to an activating group) is 1. The number of ether oxygens (including phenoxy) is 1. The Balaban J connectivity index is 2.01. The van der Waals surface area contributed by atoms with Gasteiger partial charge in [-0.2, -0.15) is 10.4 Å². The lowest BCUT2D eigenvalue weighted by Gasteiger charge is -2.20. The monoisotopic (exact) mass is 316 g/mol. The van der Waals surface area contributed by atoms with Crippen LogP contribution in [0.15, 0.2) is 24.3 Å². The largest absolute Gasteiger partial charge is 0.492 e. The maximum absolute atomic E-state index is 9.31. The molecule has 2 aromatic rings. The number of nitrogens with zero attached hydrogens (tertiary/aromatic N) is 4. The lowest BCUT2D eigenvalue weighted by molar-refractivity contribution is 0.325. The molecule has 0 saturated heterocycles. The summed E-state index contributed by atoms with van der Waals surface area (Å²) in [6, 6.07) is 9.40. The van der Waals surface area contributed by atoms with E-state index in [4.69, 9.17) is 16.3 Å². The van der Waals surface area contributed by atoms with E-state index < -0.39 is 0 Å². The standard InChI is InChI=1S/C16H17ClN4O/c1-11-12(2)19-20-16(15(11)10-18)21(3)8-9-22-14-6-4-13(17)5-7-14/h4-7H,8-9H2,1-3H3. The third kappa shape index (κ3) is 3.66. The highest BCUT2D eigenvalue weighted by atomic mass is 35.5. The second-order valence-electron chi connectivity index (χ2n) is 4.94. The number of halogens is 1. The zero-order valence-corrected chi connectivity index (χ0v) is 13.6. The van der Waals surface area contributed by atoms with Crippen LogP contribution >= 0.6 is 11.6 Å². The highest BCUT2D eigenvalue weighted by molar-refractivity contribution is 6.30. The molecule has 114 valence electrons. The first-order valence-electron chi connectivity index (χ1n) is 6.86. The first-order chi connectivity index (χ1) is 10.5. The van der Waals surface area contributed by atoms with Crippen molar-refractivity contribution in [1.29, 1.82) is 5.26 Å². The van der Waals surface area contributed by atoms with Crippen LogP contribution in [0.25, 0.3) is 0 Å². The van der Waals surface area contributed by atoms with Crippen molar-refractivity contribution >= 4 is 17.4 Å². The molecule has 1 aromatic carbocycles. The summed E-state index contributed by atoms with van der Waals surface area (Å²) in [5, 5.41) is 18.2. The van der Waals surface area contributed by atoms with Crippen LogP contribution in [0.1, 0.15) is 16.8 Å². The van der Waals surface area contributed by atoms with Crippen LogP contribution in [-0.4, -0.2) is 30.4 Å². The van der Waals surface area contributed by atoms with Gasteiger partial charge in [-0.05, 0) is 43.7 Å². The number of nitriles is 1. The summed E-state index contributed by atoms with van der Waals surface area (Å²) in [5.74, 6) is 1.33. The van der Waals surface area contributed by atoms with Crippen LogP contribution in [0, 0.1) is 25.2 Å². The third-order valence-corrected chi connectivity index (χ3v) is 3.67. The number of aromatic nitrogens is 2. The average molecular weight is 317 g/mol. The van der Waals surface area contributed by atoms with E-state index >= 15 is 0 Å². The van der Waals surface area contributed by atoms with Crippen molar-refractivity contribution in [3.63, 3.8) is 0 Å². The Labute approximate surface area is 135 Å². The van der Waals surface area contributed by atoms with E-state index in [0.29, 0.717) is 29.6 Å². The quantitative estimate of drug-likeness (QED) is 0.848. The molecule has 0 saturated carbocycles. The highest BCUT2D eigenvalue weighted by Crippen LogP contribution is 2.20. The SMILES string of the molecule is Cc1nnc(N(C)CCOc2ccc(Cl)cc2)c(C#N)c1C. The van der Waals surface area contributed by atoms with Gasteiger partial charge in [0.2, 0.25) is 0 Å². The van der Waals surface area contributed by atoms with Crippen molar-refractivity contribution < 1.29 is 4.74 Å². The Hall–Kier alpha value is -2.32. The summed E-state index contributed by atoms with van der Waals surface area (Å²) in [7, 11) is 1.87. The molecule has 0 aliphatic rings. The van der Waals surface area contributed by atoms with Gasteiger partial charge in [0, 0.05) is 12.1 Å². The van der Waals surface area contributed by atoms with Gasteiger partial charge < -0.3 is 9.64 Å². The predicted molar refractivity (Wildman–Crippen MR) is 86.4 cm³/mol. The summed E-state index contributed by atoms with van der Waals surface area (Å²) in [6.07, 6.45) is 0. The van der Waals surface area contributed by atoms with Gasteiger partial charge >= 0.3 is 0 Å². The normalized spacial score (nSPS) is 10.1. The molecule has 2 rings (SSSR count). The highest BCUT2D eigenvalue weighted by Gasteiger charge is 2.14. The molecule has 0 radical (unpaired) electrons. The van der Waals surface area contributed by atoms with Crippen molar-refractivity contribution in [3.05, 3.63) is 46.1 Å². The molecule has 0 atom stereocenters. The Morgan fingerprint density at radius 3 is 2.55 bits per heavy atom. The van der Waals surface area contributed by atoms with Crippen LogP contribution in [0.4, 0.5) is 5.82 Å². The average Bonchev–Trinajstić information content (AvgIpc) is 2.51. The molecular weight excluding hydrogens is 300 g/mol. The van der Waals surface area contributed by atoms with E-state index in [1.807, 2.05) is 37.9 Å². The van der Waals surface area contributed by atoms with Crippen molar-refractivity contribution in [1.82, 2.24) is 10.2 Å². The molecule has 0 amide bonds. The molecular formula is C16H17ClN4O. The molecule has 0 aliphatic carbocycles. The van der Waals surface area contributed by atoms with Crippen molar-refractivity contribution in [3.8, 4) is 11.8 Å². The number of rotatable bonds is 5. The van der Waals surface area contributed by atoms with E-state index in [0.717, 1.165) is 17.0 Å². The van der Waals surface area contributed by atoms with Crippen LogP contribution in [-0.2, 0) is 0 Å². The number of anilines is 1. The van der Waals surface area contributed by atoms with E-state index in [2.05, 4.69) is 16.3 Å². The molecule has 0 spiro atoms. The van der Waals surface area contributed by atoms with Gasteiger partial charge in [0.1, 0.15) is 24.0 Å². The lowest BCUT2D eigenvalue weighted by atomic mass is 10.1. The first-order valence-corrected chi connectivity index (χ1v) is 7.24. The fraction of sp³-hybridized carbons (Fsp3) is 0.312. The predicted octanol–water partition coefficient (Wildman–Crippen LogP) is 3.13. The minimum atomic E-state index is 0.470. The summed E-state index contributed by atoms with van der Waals surface area (Å²) < 4.78 is 5.65. The van der Waals surface area contributed by atoms with Crippen molar-refractivity contribution in [2.24, 2.45) is 0 Å². The van der Waals surface area contributed by atoms with Gasteiger partial charge in [-0.1, -0.05) is 11.6 Å². The van der Waals surface area contributed by atoms with E-state index in [1.54, 1.807) is 12.1 Å². The topological polar surface area (TPSA) is 62.0 Å². The van der Waals surface area contributed by atoms with Crippen LogP contribution in [0.3, 0.4) is 0 Å². The zero-order chi connectivity index (χ0) is 16.1. The number of aryl methyl sites for hydroxylation is 1. The van der Waals surface area contributed by atoms with Gasteiger partial charge in [-0.25, -0.2) is 0 Å². The molecule has 0 aliphatic heterocycles. The third-order valence-electron chi connectivity index (χ3n) is 3.42. The minimum absolute atomic E-state index is 0.470. The molecule has 5 nitrogen and oxygen atoms in total. The second kappa shape index (κ2) is 7.10. The summed E-state index contributed by atoms with van der Waals surface area (Å²) >= 11 is 5.83. The molecule has 0 N–H and O–H groups in total. The molecule has 0 fully saturated rings. The molecule has 0 unspecified atom stereocenters. The smallest absolute Gasteiger partial charge is 0.169 e. The molecule has 6 heteroatoms.